The standard InChI is InChI=1S/C17H15BrOS/c18-13-7-4-8-14(9-13)20-11-17(19)16-10-15(16)12-5-2-1-3-6-12/h1-9,15-16H,10-11H2. The molecule has 2 atom stereocenters. The quantitative estimate of drug-likeness (QED) is 0.715. The van der Waals surface area contributed by atoms with Crippen molar-refractivity contribution < 1.29 is 4.79 Å². The molecule has 1 nitrogen and oxygen atoms in total. The average molecular weight is 347 g/mol. The van der Waals surface area contributed by atoms with E-state index < -0.39 is 0 Å². The average Bonchev–Trinajstić information content (AvgIpc) is 3.26. The number of carbonyl (C=O) groups excluding carboxylic acids is 1. The molecule has 0 heterocycles. The van der Waals surface area contributed by atoms with E-state index in [2.05, 4.69) is 34.1 Å². The van der Waals surface area contributed by atoms with Gasteiger partial charge in [-0.05, 0) is 36.1 Å². The van der Waals surface area contributed by atoms with Gasteiger partial charge in [0.2, 0.25) is 0 Å². The van der Waals surface area contributed by atoms with Gasteiger partial charge in [-0.1, -0.05) is 52.3 Å². The number of halogens is 1. The molecule has 0 aliphatic heterocycles. The minimum atomic E-state index is 0.233. The topological polar surface area (TPSA) is 17.1 Å². The van der Waals surface area contributed by atoms with E-state index >= 15 is 0 Å². The van der Waals surface area contributed by atoms with Crippen LogP contribution in [0.15, 0.2) is 64.0 Å². The first kappa shape index (κ1) is 13.9. The smallest absolute Gasteiger partial charge is 0.146 e. The second-order valence-corrected chi connectivity index (χ2v) is 7.04. The van der Waals surface area contributed by atoms with Gasteiger partial charge in [-0.2, -0.15) is 0 Å². The van der Waals surface area contributed by atoms with E-state index in [1.807, 2.05) is 36.4 Å². The van der Waals surface area contributed by atoms with Crippen LogP contribution in [-0.2, 0) is 4.79 Å². The molecule has 1 aliphatic rings. The molecule has 20 heavy (non-hydrogen) atoms. The highest BCUT2D eigenvalue weighted by atomic mass is 79.9. The van der Waals surface area contributed by atoms with Gasteiger partial charge >= 0.3 is 0 Å². The molecule has 102 valence electrons. The summed E-state index contributed by atoms with van der Waals surface area (Å²) in [7, 11) is 0. The molecule has 0 bridgehead atoms. The Morgan fingerprint density at radius 3 is 2.70 bits per heavy atom. The molecule has 1 fully saturated rings. The first-order valence-electron chi connectivity index (χ1n) is 6.70. The Kier molecular flexibility index (Phi) is 4.27. The second kappa shape index (κ2) is 6.15. The predicted molar refractivity (Wildman–Crippen MR) is 87.2 cm³/mol. The van der Waals surface area contributed by atoms with Crippen LogP contribution in [0.5, 0.6) is 0 Å². The van der Waals surface area contributed by atoms with Crippen LogP contribution in [0.25, 0.3) is 0 Å². The van der Waals surface area contributed by atoms with E-state index in [-0.39, 0.29) is 5.92 Å². The van der Waals surface area contributed by atoms with Crippen LogP contribution in [0.2, 0.25) is 0 Å². The SMILES string of the molecule is O=C(CSc1cccc(Br)c1)C1CC1c1ccccc1. The van der Waals surface area contributed by atoms with Crippen molar-refractivity contribution in [2.24, 2.45) is 5.92 Å². The van der Waals surface area contributed by atoms with Crippen molar-refractivity contribution in [1.82, 2.24) is 0 Å². The van der Waals surface area contributed by atoms with Crippen molar-refractivity contribution >= 4 is 33.5 Å². The van der Waals surface area contributed by atoms with Gasteiger partial charge in [0.15, 0.2) is 0 Å². The Bertz CT molecular complexity index is 611. The van der Waals surface area contributed by atoms with Gasteiger partial charge in [-0.3, -0.25) is 4.79 Å². The van der Waals surface area contributed by atoms with Crippen LogP contribution in [0.3, 0.4) is 0 Å². The van der Waals surface area contributed by atoms with Gasteiger partial charge in [0, 0.05) is 15.3 Å². The molecule has 0 saturated heterocycles. The van der Waals surface area contributed by atoms with Crippen molar-refractivity contribution in [3.8, 4) is 0 Å². The summed E-state index contributed by atoms with van der Waals surface area (Å²) in [5.74, 6) is 1.64. The molecule has 3 rings (SSSR count). The molecule has 3 heteroatoms. The fraction of sp³-hybridized carbons (Fsp3) is 0.235. The summed E-state index contributed by atoms with van der Waals surface area (Å²) >= 11 is 5.08. The number of carbonyl (C=O) groups is 1. The van der Waals surface area contributed by atoms with Crippen molar-refractivity contribution in [2.75, 3.05) is 5.75 Å². The monoisotopic (exact) mass is 346 g/mol. The molecular formula is C17H15BrOS. The third-order valence-electron chi connectivity index (χ3n) is 3.61. The molecule has 0 N–H and O–H groups in total. The molecule has 1 aliphatic carbocycles. The molecule has 0 aromatic heterocycles. The maximum atomic E-state index is 12.2. The third-order valence-corrected chi connectivity index (χ3v) is 5.12. The molecule has 1 saturated carbocycles. The molecule has 0 radical (unpaired) electrons. The summed E-state index contributed by atoms with van der Waals surface area (Å²) in [4.78, 5) is 13.4. The van der Waals surface area contributed by atoms with Gasteiger partial charge < -0.3 is 0 Å². The van der Waals surface area contributed by atoms with E-state index in [1.54, 1.807) is 11.8 Å². The summed E-state index contributed by atoms with van der Waals surface area (Å²) in [6, 6.07) is 18.5. The van der Waals surface area contributed by atoms with E-state index in [0.29, 0.717) is 17.5 Å². The fourth-order valence-electron chi connectivity index (χ4n) is 2.44. The maximum absolute atomic E-state index is 12.2. The molecule has 0 spiro atoms. The van der Waals surface area contributed by atoms with Crippen LogP contribution in [0, 0.1) is 5.92 Å². The van der Waals surface area contributed by atoms with Crippen molar-refractivity contribution in [2.45, 2.75) is 17.2 Å². The summed E-state index contributed by atoms with van der Waals surface area (Å²) in [6.07, 6.45) is 1.02. The lowest BCUT2D eigenvalue weighted by molar-refractivity contribution is -0.117. The zero-order valence-electron chi connectivity index (χ0n) is 11.0. The summed E-state index contributed by atoms with van der Waals surface area (Å²) < 4.78 is 1.06. The van der Waals surface area contributed by atoms with E-state index in [0.717, 1.165) is 15.8 Å². The number of rotatable bonds is 5. The first-order valence-corrected chi connectivity index (χ1v) is 8.48. The zero-order chi connectivity index (χ0) is 13.9. The Balaban J connectivity index is 1.54. The molecule has 2 aromatic rings. The third kappa shape index (κ3) is 3.33. The largest absolute Gasteiger partial charge is 0.298 e. The number of Topliss-reactive ketones (excluding diaryl/α,β-unsaturated/α-hetero) is 1. The Morgan fingerprint density at radius 1 is 1.15 bits per heavy atom. The normalized spacial score (nSPS) is 20.6. The lowest BCUT2D eigenvalue weighted by Gasteiger charge is -2.02. The number of benzene rings is 2. The minimum Gasteiger partial charge on any atom is -0.298 e. The van der Waals surface area contributed by atoms with Crippen LogP contribution in [0.1, 0.15) is 17.9 Å². The Morgan fingerprint density at radius 2 is 1.95 bits per heavy atom. The van der Waals surface area contributed by atoms with Gasteiger partial charge in [0.1, 0.15) is 5.78 Å². The lowest BCUT2D eigenvalue weighted by atomic mass is 10.1. The van der Waals surface area contributed by atoms with Gasteiger partial charge in [0.25, 0.3) is 0 Å². The van der Waals surface area contributed by atoms with Crippen molar-refractivity contribution in [1.29, 1.82) is 0 Å². The molecule has 0 amide bonds. The highest BCUT2D eigenvalue weighted by Gasteiger charge is 2.43. The zero-order valence-corrected chi connectivity index (χ0v) is 13.4. The van der Waals surface area contributed by atoms with E-state index in [1.165, 1.54) is 5.56 Å². The van der Waals surface area contributed by atoms with Crippen molar-refractivity contribution in [3.05, 3.63) is 64.6 Å². The molecule has 2 aromatic carbocycles. The fourth-order valence-corrected chi connectivity index (χ4v) is 3.90. The number of hydrogen-bond donors (Lipinski definition) is 0. The number of ketones is 1. The van der Waals surface area contributed by atoms with Gasteiger partial charge in [0.05, 0.1) is 5.75 Å². The van der Waals surface area contributed by atoms with E-state index in [9.17, 15) is 4.79 Å². The van der Waals surface area contributed by atoms with Crippen LogP contribution < -0.4 is 0 Å². The molecule has 2 unspecified atom stereocenters. The van der Waals surface area contributed by atoms with Crippen LogP contribution >= 0.6 is 27.7 Å². The highest BCUT2D eigenvalue weighted by Crippen LogP contribution is 2.48. The molecular weight excluding hydrogens is 332 g/mol. The van der Waals surface area contributed by atoms with E-state index in [4.69, 9.17) is 0 Å². The summed E-state index contributed by atoms with van der Waals surface area (Å²) in [5, 5.41) is 0. The van der Waals surface area contributed by atoms with Crippen LogP contribution in [0.4, 0.5) is 0 Å². The van der Waals surface area contributed by atoms with Gasteiger partial charge in [-0.25, -0.2) is 0 Å². The van der Waals surface area contributed by atoms with Crippen LogP contribution in [-0.4, -0.2) is 11.5 Å². The maximum Gasteiger partial charge on any atom is 0.146 e. The Labute approximate surface area is 131 Å². The lowest BCUT2D eigenvalue weighted by Crippen LogP contribution is -2.05. The minimum absolute atomic E-state index is 0.233. The van der Waals surface area contributed by atoms with Gasteiger partial charge in [-0.15, -0.1) is 11.8 Å². The number of thioether (sulfide) groups is 1. The van der Waals surface area contributed by atoms with Crippen molar-refractivity contribution in [3.63, 3.8) is 0 Å². The highest BCUT2D eigenvalue weighted by molar-refractivity contribution is 9.10. The summed E-state index contributed by atoms with van der Waals surface area (Å²) in [6.45, 7) is 0. The summed E-state index contributed by atoms with van der Waals surface area (Å²) in [5.41, 5.74) is 1.30. The number of hydrogen-bond acceptors (Lipinski definition) is 2. The Hall–Kier alpha value is -1.06. The first-order chi connectivity index (χ1) is 9.74. The predicted octanol–water partition coefficient (Wildman–Crippen LogP) is 4.91. The second-order valence-electron chi connectivity index (χ2n) is 5.07.